The molecule has 0 saturated carbocycles. The number of aliphatic hydroxyl groups excluding tert-OH is 2. The van der Waals surface area contributed by atoms with Gasteiger partial charge in [-0.15, -0.1) is 0 Å². The topological polar surface area (TPSA) is 93.1 Å². The van der Waals surface area contributed by atoms with Gasteiger partial charge in [0.05, 0.1) is 17.4 Å². The van der Waals surface area contributed by atoms with Crippen LogP contribution in [0.15, 0.2) is 35.3 Å². The molecule has 6 heteroatoms. The molecule has 6 nitrogen and oxygen atoms in total. The predicted molar refractivity (Wildman–Crippen MR) is 52.0 cm³/mol. The van der Waals surface area contributed by atoms with Crippen molar-refractivity contribution in [3.63, 3.8) is 0 Å². The Labute approximate surface area is 91.0 Å². The predicted octanol–water partition coefficient (Wildman–Crippen LogP) is 1.22. The summed E-state index contributed by atoms with van der Waals surface area (Å²) in [5, 5.41) is 17.6. The number of hydrogen-bond acceptors (Lipinski definition) is 6. The van der Waals surface area contributed by atoms with Crippen molar-refractivity contribution < 1.29 is 29.6 Å². The number of hydrogen-bond donors (Lipinski definition) is 2. The first-order chi connectivity index (χ1) is 7.47. The summed E-state index contributed by atoms with van der Waals surface area (Å²) in [6.45, 7) is 4.72. The second-order valence-corrected chi connectivity index (χ2v) is 3.16. The molecule has 1 aliphatic carbocycles. The van der Waals surface area contributed by atoms with Gasteiger partial charge in [-0.2, -0.15) is 0 Å². The zero-order valence-corrected chi connectivity index (χ0v) is 8.52. The van der Waals surface area contributed by atoms with Crippen molar-refractivity contribution in [2.24, 2.45) is 0 Å². The van der Waals surface area contributed by atoms with Crippen LogP contribution in [0, 0.1) is 0 Å². The maximum atomic E-state index is 11.2. The molecule has 0 unspecified atom stereocenters. The van der Waals surface area contributed by atoms with Crippen LogP contribution in [0.2, 0.25) is 0 Å². The average Bonchev–Trinajstić information content (AvgIpc) is 2.30. The third-order valence-corrected chi connectivity index (χ3v) is 1.97. The lowest BCUT2D eigenvalue weighted by molar-refractivity contribution is -0.252. The fourth-order valence-electron chi connectivity index (χ4n) is 0.901. The number of allylic oxidation sites excluding steroid dienone is 1. The van der Waals surface area contributed by atoms with Crippen LogP contribution in [0.25, 0.3) is 0 Å². The molecule has 86 valence electrons. The zero-order valence-electron chi connectivity index (χ0n) is 8.52. The molecule has 0 bridgehead atoms. The van der Waals surface area contributed by atoms with Gasteiger partial charge in [-0.3, -0.25) is 0 Å². The van der Waals surface area contributed by atoms with E-state index in [1.807, 2.05) is 0 Å². The molecule has 0 radical (unpaired) electrons. The Balaban J connectivity index is 2.50. The first-order valence-corrected chi connectivity index (χ1v) is 4.31. The van der Waals surface area contributed by atoms with Gasteiger partial charge in [0.2, 0.25) is 0 Å². The molecule has 1 rings (SSSR count). The van der Waals surface area contributed by atoms with E-state index in [2.05, 4.69) is 16.4 Å². The Bertz CT molecular complexity index is 415. The average molecular weight is 226 g/mol. The Morgan fingerprint density at radius 2 is 2.06 bits per heavy atom. The summed E-state index contributed by atoms with van der Waals surface area (Å²) in [5.41, 5.74) is 0.303. The molecule has 0 aromatic rings. The van der Waals surface area contributed by atoms with E-state index in [1.165, 1.54) is 6.92 Å². The standard InChI is InChI=1S/C10H10O6/c1-5-3-7(8(5)12)10(14)16-15-9(13)6(2)4-11/h4,11-12H,1,3H2,2H3/b6-4+. The Hall–Kier alpha value is -2.24. The second kappa shape index (κ2) is 4.52. The SMILES string of the molecule is C=C1CC(C(=O)OOC(=O)/C(C)=C/O)=C1O. The van der Waals surface area contributed by atoms with Gasteiger partial charge in [0, 0.05) is 6.42 Å². The van der Waals surface area contributed by atoms with Crippen molar-refractivity contribution in [3.8, 4) is 0 Å². The molecule has 16 heavy (non-hydrogen) atoms. The quantitative estimate of drug-likeness (QED) is 0.318. The minimum atomic E-state index is -0.992. The fraction of sp³-hybridized carbons (Fsp3) is 0.200. The van der Waals surface area contributed by atoms with Gasteiger partial charge in [0.15, 0.2) is 0 Å². The molecule has 0 amide bonds. The summed E-state index contributed by atoms with van der Waals surface area (Å²) in [5.74, 6) is -2.19. The molecular weight excluding hydrogens is 216 g/mol. The van der Waals surface area contributed by atoms with Crippen LogP contribution in [-0.4, -0.2) is 22.2 Å². The van der Waals surface area contributed by atoms with Crippen molar-refractivity contribution in [2.75, 3.05) is 0 Å². The lowest BCUT2D eigenvalue weighted by atomic mass is 9.91. The van der Waals surface area contributed by atoms with Crippen molar-refractivity contribution in [2.45, 2.75) is 13.3 Å². The summed E-state index contributed by atoms with van der Waals surface area (Å²) in [6, 6.07) is 0. The number of aliphatic hydroxyl groups is 2. The van der Waals surface area contributed by atoms with Crippen molar-refractivity contribution >= 4 is 11.9 Å². The third kappa shape index (κ3) is 2.22. The summed E-state index contributed by atoms with van der Waals surface area (Å²) < 4.78 is 0. The lowest BCUT2D eigenvalue weighted by Crippen LogP contribution is -2.20. The van der Waals surface area contributed by atoms with Crippen molar-refractivity contribution in [1.82, 2.24) is 0 Å². The monoisotopic (exact) mass is 226 g/mol. The van der Waals surface area contributed by atoms with Crippen LogP contribution in [0.3, 0.4) is 0 Å². The van der Waals surface area contributed by atoms with Crippen molar-refractivity contribution in [1.29, 1.82) is 0 Å². The van der Waals surface area contributed by atoms with Gasteiger partial charge < -0.3 is 10.2 Å². The van der Waals surface area contributed by atoms with E-state index < -0.39 is 11.9 Å². The first-order valence-electron chi connectivity index (χ1n) is 4.31. The van der Waals surface area contributed by atoms with Gasteiger partial charge in [-0.05, 0) is 12.5 Å². The molecule has 0 aromatic heterocycles. The maximum absolute atomic E-state index is 11.2. The molecule has 0 fully saturated rings. The maximum Gasteiger partial charge on any atom is 0.386 e. The van der Waals surface area contributed by atoms with Crippen molar-refractivity contribution in [3.05, 3.63) is 35.3 Å². The van der Waals surface area contributed by atoms with Crippen LogP contribution in [0.4, 0.5) is 0 Å². The number of rotatable bonds is 2. The van der Waals surface area contributed by atoms with Gasteiger partial charge in [-0.1, -0.05) is 6.58 Å². The van der Waals surface area contributed by atoms with Crippen LogP contribution < -0.4 is 0 Å². The highest BCUT2D eigenvalue weighted by Crippen LogP contribution is 2.31. The third-order valence-electron chi connectivity index (χ3n) is 1.97. The zero-order chi connectivity index (χ0) is 12.3. The minimum Gasteiger partial charge on any atom is -0.515 e. The second-order valence-electron chi connectivity index (χ2n) is 3.16. The van der Waals surface area contributed by atoms with E-state index in [0.717, 1.165) is 0 Å². The summed E-state index contributed by atoms with van der Waals surface area (Å²) in [4.78, 5) is 30.3. The van der Waals surface area contributed by atoms with Gasteiger partial charge in [-0.25, -0.2) is 19.4 Å². The largest absolute Gasteiger partial charge is 0.515 e. The van der Waals surface area contributed by atoms with E-state index in [4.69, 9.17) is 10.2 Å². The molecule has 2 N–H and O–H groups in total. The van der Waals surface area contributed by atoms with Gasteiger partial charge in [0.1, 0.15) is 5.76 Å². The Kier molecular flexibility index (Phi) is 3.34. The highest BCUT2D eigenvalue weighted by Gasteiger charge is 2.29. The van der Waals surface area contributed by atoms with Crippen LogP contribution in [0.5, 0.6) is 0 Å². The molecule has 1 aliphatic rings. The molecule has 0 aromatic carbocycles. The van der Waals surface area contributed by atoms with E-state index in [1.54, 1.807) is 0 Å². The van der Waals surface area contributed by atoms with E-state index in [-0.39, 0.29) is 23.3 Å². The highest BCUT2D eigenvalue weighted by molar-refractivity contribution is 5.94. The molecular formula is C10H10O6. The van der Waals surface area contributed by atoms with Gasteiger partial charge in [0.25, 0.3) is 0 Å². The normalized spacial score (nSPS) is 15.6. The fourth-order valence-corrected chi connectivity index (χ4v) is 0.901. The Morgan fingerprint density at radius 3 is 2.50 bits per heavy atom. The molecule has 0 saturated heterocycles. The van der Waals surface area contributed by atoms with Crippen LogP contribution in [-0.2, 0) is 19.4 Å². The van der Waals surface area contributed by atoms with E-state index in [9.17, 15) is 9.59 Å². The lowest BCUT2D eigenvalue weighted by Gasteiger charge is -2.18. The number of carbonyl (C=O) groups excluding carboxylic acids is 2. The molecule has 0 spiro atoms. The smallest absolute Gasteiger partial charge is 0.386 e. The van der Waals surface area contributed by atoms with Crippen LogP contribution >= 0.6 is 0 Å². The number of carbonyl (C=O) groups is 2. The Morgan fingerprint density at radius 1 is 1.44 bits per heavy atom. The highest BCUT2D eigenvalue weighted by atomic mass is 17.2. The van der Waals surface area contributed by atoms with Crippen LogP contribution in [0.1, 0.15) is 13.3 Å². The first kappa shape index (κ1) is 11.8. The van der Waals surface area contributed by atoms with Gasteiger partial charge >= 0.3 is 11.9 Å². The molecule has 0 heterocycles. The molecule has 0 aliphatic heterocycles. The van der Waals surface area contributed by atoms with E-state index in [0.29, 0.717) is 11.8 Å². The minimum absolute atomic E-state index is 0.00318. The summed E-state index contributed by atoms with van der Waals surface area (Å²) in [7, 11) is 0. The summed E-state index contributed by atoms with van der Waals surface area (Å²) >= 11 is 0. The summed E-state index contributed by atoms with van der Waals surface area (Å²) in [6.07, 6.45) is 0.717. The molecule has 0 atom stereocenters. The van der Waals surface area contributed by atoms with E-state index >= 15 is 0 Å².